The lowest BCUT2D eigenvalue weighted by atomic mass is 9.94. The first-order valence-corrected chi connectivity index (χ1v) is 8.40. The van der Waals surface area contributed by atoms with E-state index >= 15 is 0 Å². The van der Waals surface area contributed by atoms with Gasteiger partial charge in [0.2, 0.25) is 5.91 Å². The lowest BCUT2D eigenvalue weighted by Crippen LogP contribution is -2.42. The van der Waals surface area contributed by atoms with Crippen LogP contribution in [0.25, 0.3) is 0 Å². The maximum Gasteiger partial charge on any atom is 0.226 e. The highest BCUT2D eigenvalue weighted by molar-refractivity contribution is 5.79. The number of hydrogen-bond donors (Lipinski definition) is 1. The highest BCUT2D eigenvalue weighted by Crippen LogP contribution is 2.32. The van der Waals surface area contributed by atoms with Crippen LogP contribution >= 0.6 is 0 Å². The van der Waals surface area contributed by atoms with Gasteiger partial charge >= 0.3 is 0 Å². The molecule has 1 aliphatic carbocycles. The molecule has 0 radical (unpaired) electrons. The van der Waals surface area contributed by atoms with Gasteiger partial charge in [0.1, 0.15) is 5.82 Å². The van der Waals surface area contributed by atoms with E-state index < -0.39 is 0 Å². The van der Waals surface area contributed by atoms with Crippen LogP contribution < -0.4 is 5.73 Å². The summed E-state index contributed by atoms with van der Waals surface area (Å²) in [5, 5.41) is 0. The minimum absolute atomic E-state index is 0.00562. The van der Waals surface area contributed by atoms with Gasteiger partial charge in [0, 0.05) is 31.1 Å². The second-order valence-electron chi connectivity index (χ2n) is 6.69. The Hall–Kier alpha value is -1.46. The minimum Gasteiger partial charge on any atom is -0.337 e. The summed E-state index contributed by atoms with van der Waals surface area (Å²) in [6.45, 7) is 2.25. The summed E-state index contributed by atoms with van der Waals surface area (Å²) in [4.78, 5) is 16.8. The van der Waals surface area contributed by atoms with Crippen molar-refractivity contribution in [3.8, 4) is 0 Å². The van der Waals surface area contributed by atoms with Crippen LogP contribution in [-0.4, -0.2) is 49.4 Å². The van der Waals surface area contributed by atoms with E-state index in [-0.39, 0.29) is 23.6 Å². The first-order valence-electron chi connectivity index (χ1n) is 8.40. The van der Waals surface area contributed by atoms with Gasteiger partial charge in [0.05, 0.1) is 0 Å². The van der Waals surface area contributed by atoms with E-state index in [9.17, 15) is 9.18 Å². The summed E-state index contributed by atoms with van der Waals surface area (Å²) in [7, 11) is 3.95. The molecule has 0 aliphatic heterocycles. The van der Waals surface area contributed by atoms with E-state index in [0.717, 1.165) is 25.8 Å². The predicted molar refractivity (Wildman–Crippen MR) is 90.3 cm³/mol. The normalized spacial score (nSPS) is 20.9. The SMILES string of the molecule is CN(C)CCN(Cc1ccccc1F)C(=O)[C@@H]1CCC[C@@H]1CN. The third-order valence-electron chi connectivity index (χ3n) is 4.73. The van der Waals surface area contributed by atoms with Crippen molar-refractivity contribution in [1.29, 1.82) is 0 Å². The molecule has 1 aliphatic rings. The number of carbonyl (C=O) groups is 1. The maximum absolute atomic E-state index is 14.0. The van der Waals surface area contributed by atoms with E-state index in [1.165, 1.54) is 6.07 Å². The van der Waals surface area contributed by atoms with Gasteiger partial charge in [-0.25, -0.2) is 4.39 Å². The van der Waals surface area contributed by atoms with Crippen LogP contribution in [0.4, 0.5) is 4.39 Å². The third-order valence-corrected chi connectivity index (χ3v) is 4.73. The van der Waals surface area contributed by atoms with Crippen molar-refractivity contribution in [3.05, 3.63) is 35.6 Å². The smallest absolute Gasteiger partial charge is 0.226 e. The van der Waals surface area contributed by atoms with Gasteiger partial charge in [-0.2, -0.15) is 0 Å². The zero-order chi connectivity index (χ0) is 16.8. The molecule has 23 heavy (non-hydrogen) atoms. The third kappa shape index (κ3) is 4.75. The van der Waals surface area contributed by atoms with Crippen LogP contribution in [0.5, 0.6) is 0 Å². The number of halogens is 1. The Morgan fingerprint density at radius 3 is 2.65 bits per heavy atom. The number of nitrogens with zero attached hydrogens (tertiary/aromatic N) is 2. The maximum atomic E-state index is 14.0. The van der Waals surface area contributed by atoms with E-state index in [0.29, 0.717) is 25.2 Å². The molecule has 2 rings (SSSR count). The van der Waals surface area contributed by atoms with Crippen molar-refractivity contribution in [2.45, 2.75) is 25.8 Å². The fraction of sp³-hybridized carbons (Fsp3) is 0.611. The van der Waals surface area contributed by atoms with Crippen LogP contribution in [-0.2, 0) is 11.3 Å². The Morgan fingerprint density at radius 1 is 1.26 bits per heavy atom. The molecule has 0 spiro atoms. The number of nitrogens with two attached hydrogens (primary N) is 1. The molecule has 1 aromatic rings. The number of rotatable bonds is 7. The van der Waals surface area contributed by atoms with Gasteiger partial charge in [-0.3, -0.25) is 4.79 Å². The molecule has 128 valence electrons. The summed E-state index contributed by atoms with van der Waals surface area (Å²) in [6.07, 6.45) is 2.98. The fourth-order valence-corrected chi connectivity index (χ4v) is 3.30. The number of carbonyl (C=O) groups excluding carboxylic acids is 1. The molecule has 0 bridgehead atoms. The molecule has 1 amide bonds. The van der Waals surface area contributed by atoms with Gasteiger partial charge in [-0.1, -0.05) is 24.6 Å². The quantitative estimate of drug-likeness (QED) is 0.836. The van der Waals surface area contributed by atoms with Crippen molar-refractivity contribution >= 4 is 5.91 Å². The molecule has 1 aromatic carbocycles. The standard InChI is InChI=1S/C18H28FN3O/c1-21(2)10-11-22(13-15-6-3-4-9-17(15)19)18(23)16-8-5-7-14(16)12-20/h3-4,6,9,14,16H,5,7-8,10-13,20H2,1-2H3/t14-,16-/m1/s1. The van der Waals surface area contributed by atoms with E-state index in [1.54, 1.807) is 17.0 Å². The molecule has 2 atom stereocenters. The topological polar surface area (TPSA) is 49.6 Å². The Kier molecular flexibility index (Phi) is 6.54. The van der Waals surface area contributed by atoms with Crippen LogP contribution in [0.1, 0.15) is 24.8 Å². The number of likely N-dealkylation sites (N-methyl/N-ethyl adjacent to an activating group) is 1. The van der Waals surface area contributed by atoms with E-state index in [4.69, 9.17) is 5.73 Å². The summed E-state index contributed by atoms with van der Waals surface area (Å²) < 4.78 is 14.0. The Balaban J connectivity index is 2.13. The summed E-state index contributed by atoms with van der Waals surface area (Å²) in [5.74, 6) is 0.138. The average Bonchev–Trinajstić information content (AvgIpc) is 3.00. The van der Waals surface area contributed by atoms with Crippen molar-refractivity contribution in [2.24, 2.45) is 17.6 Å². The second-order valence-corrected chi connectivity index (χ2v) is 6.69. The first kappa shape index (κ1) is 17.9. The molecule has 1 fully saturated rings. The molecule has 0 unspecified atom stereocenters. The van der Waals surface area contributed by atoms with Crippen molar-refractivity contribution < 1.29 is 9.18 Å². The summed E-state index contributed by atoms with van der Waals surface area (Å²) >= 11 is 0. The lowest BCUT2D eigenvalue weighted by Gasteiger charge is -2.29. The van der Waals surface area contributed by atoms with Gasteiger partial charge < -0.3 is 15.5 Å². The molecular weight excluding hydrogens is 293 g/mol. The highest BCUT2D eigenvalue weighted by atomic mass is 19.1. The first-order chi connectivity index (χ1) is 11.0. The molecule has 1 saturated carbocycles. The van der Waals surface area contributed by atoms with Gasteiger partial charge in [0.15, 0.2) is 0 Å². The summed E-state index contributed by atoms with van der Waals surface area (Å²) in [5.41, 5.74) is 6.39. The number of hydrogen-bond acceptors (Lipinski definition) is 3. The Morgan fingerprint density at radius 2 is 2.00 bits per heavy atom. The minimum atomic E-state index is -0.253. The highest BCUT2D eigenvalue weighted by Gasteiger charge is 2.34. The Bertz CT molecular complexity index is 521. The van der Waals surface area contributed by atoms with Crippen LogP contribution in [0, 0.1) is 17.7 Å². The Labute approximate surface area is 138 Å². The monoisotopic (exact) mass is 321 g/mol. The van der Waals surface area contributed by atoms with Crippen molar-refractivity contribution in [3.63, 3.8) is 0 Å². The van der Waals surface area contributed by atoms with E-state index in [2.05, 4.69) is 0 Å². The number of amides is 1. The predicted octanol–water partition coefficient (Wildman–Crippen LogP) is 2.09. The molecule has 0 saturated heterocycles. The van der Waals surface area contributed by atoms with Crippen LogP contribution in [0.2, 0.25) is 0 Å². The fourth-order valence-electron chi connectivity index (χ4n) is 3.30. The lowest BCUT2D eigenvalue weighted by molar-refractivity contribution is -0.137. The summed E-state index contributed by atoms with van der Waals surface area (Å²) in [6, 6.07) is 6.68. The van der Waals surface area contributed by atoms with Gasteiger partial charge in [-0.15, -0.1) is 0 Å². The van der Waals surface area contributed by atoms with Crippen LogP contribution in [0.15, 0.2) is 24.3 Å². The molecule has 0 aromatic heterocycles. The van der Waals surface area contributed by atoms with Crippen LogP contribution in [0.3, 0.4) is 0 Å². The zero-order valence-corrected chi connectivity index (χ0v) is 14.2. The molecule has 2 N–H and O–H groups in total. The van der Waals surface area contributed by atoms with Gasteiger partial charge in [-0.05, 0) is 45.5 Å². The average molecular weight is 321 g/mol. The molecule has 0 heterocycles. The number of benzene rings is 1. The largest absolute Gasteiger partial charge is 0.337 e. The van der Waals surface area contributed by atoms with Gasteiger partial charge in [0.25, 0.3) is 0 Å². The van der Waals surface area contributed by atoms with Crippen molar-refractivity contribution in [2.75, 3.05) is 33.7 Å². The zero-order valence-electron chi connectivity index (χ0n) is 14.2. The van der Waals surface area contributed by atoms with E-state index in [1.807, 2.05) is 25.1 Å². The van der Waals surface area contributed by atoms with Crippen molar-refractivity contribution in [1.82, 2.24) is 9.80 Å². The second kappa shape index (κ2) is 8.41. The molecular formula is C18H28FN3O. The molecule has 5 heteroatoms. The molecule has 4 nitrogen and oxygen atoms in total.